The monoisotopic (exact) mass is 179 g/mol. The van der Waals surface area contributed by atoms with E-state index in [1.54, 1.807) is 6.08 Å². The van der Waals surface area contributed by atoms with Crippen LogP contribution < -0.4 is 5.32 Å². The minimum Gasteiger partial charge on any atom is -0.388 e. The van der Waals surface area contributed by atoms with Gasteiger partial charge in [0.25, 0.3) is 0 Å². The van der Waals surface area contributed by atoms with Crippen molar-refractivity contribution in [2.45, 2.75) is 34.1 Å². The second-order valence-corrected chi connectivity index (χ2v) is 2.14. The van der Waals surface area contributed by atoms with E-state index in [1.165, 1.54) is 5.57 Å². The summed E-state index contributed by atoms with van der Waals surface area (Å²) in [5, 5.41) is 3.08. The fraction of sp³-hybridized carbons (Fsp3) is 0.500. The zero-order valence-corrected chi connectivity index (χ0v) is 9.44. The molecule has 0 spiro atoms. The predicted octanol–water partition coefficient (Wildman–Crippen LogP) is 3.11. The van der Waals surface area contributed by atoms with Crippen molar-refractivity contribution in [2.75, 3.05) is 7.05 Å². The van der Waals surface area contributed by atoms with Gasteiger partial charge in [-0.15, -0.1) is 6.42 Å². The third-order valence-corrected chi connectivity index (χ3v) is 1.54. The zero-order valence-electron chi connectivity index (χ0n) is 9.44. The molecular weight excluding hydrogens is 158 g/mol. The van der Waals surface area contributed by atoms with E-state index in [9.17, 15) is 0 Å². The Kier molecular flexibility index (Phi) is 12.0. The van der Waals surface area contributed by atoms with Crippen LogP contribution >= 0.6 is 0 Å². The Morgan fingerprint density at radius 3 is 2.23 bits per heavy atom. The lowest BCUT2D eigenvalue weighted by Crippen LogP contribution is -2.07. The SMILES string of the molecule is C#C/C=C(CC)\C(=C/C)NC.CC. The Balaban J connectivity index is 0. The molecule has 74 valence electrons. The summed E-state index contributed by atoms with van der Waals surface area (Å²) in [6.07, 6.45) is 9.95. The van der Waals surface area contributed by atoms with Crippen molar-refractivity contribution in [3.8, 4) is 12.3 Å². The Morgan fingerprint density at radius 2 is 2.00 bits per heavy atom. The molecule has 0 aliphatic carbocycles. The van der Waals surface area contributed by atoms with Gasteiger partial charge in [-0.05, 0) is 25.0 Å². The van der Waals surface area contributed by atoms with E-state index in [4.69, 9.17) is 6.42 Å². The third kappa shape index (κ3) is 6.04. The molecular formula is C12H21N. The van der Waals surface area contributed by atoms with Gasteiger partial charge in [-0.1, -0.05) is 32.8 Å². The van der Waals surface area contributed by atoms with Crippen LogP contribution in [0.25, 0.3) is 0 Å². The molecule has 0 heterocycles. The Labute approximate surface area is 82.9 Å². The van der Waals surface area contributed by atoms with Crippen molar-refractivity contribution in [1.29, 1.82) is 0 Å². The summed E-state index contributed by atoms with van der Waals surface area (Å²) in [4.78, 5) is 0. The molecule has 1 heteroatoms. The highest BCUT2D eigenvalue weighted by Crippen LogP contribution is 2.09. The van der Waals surface area contributed by atoms with E-state index in [0.717, 1.165) is 12.1 Å². The van der Waals surface area contributed by atoms with Crippen LogP contribution in [0.2, 0.25) is 0 Å². The van der Waals surface area contributed by atoms with Gasteiger partial charge in [-0.2, -0.15) is 0 Å². The largest absolute Gasteiger partial charge is 0.388 e. The number of allylic oxidation sites excluding steroid dienone is 3. The highest BCUT2D eigenvalue weighted by atomic mass is 14.8. The maximum absolute atomic E-state index is 5.17. The van der Waals surface area contributed by atoms with E-state index in [1.807, 2.05) is 33.9 Å². The van der Waals surface area contributed by atoms with E-state index in [0.29, 0.717) is 0 Å². The Bertz CT molecular complexity index is 204. The normalized spacial score (nSPS) is 11.1. The van der Waals surface area contributed by atoms with Gasteiger partial charge < -0.3 is 5.32 Å². The summed E-state index contributed by atoms with van der Waals surface area (Å²) >= 11 is 0. The van der Waals surface area contributed by atoms with Gasteiger partial charge >= 0.3 is 0 Å². The standard InChI is InChI=1S/C10H15N.C2H6/c1-5-8-9(6-2)10(7-3)11-4;1-2/h1,7-8,11H,6H2,2-4H3;1-2H3/b9-8-,10-7+;. The van der Waals surface area contributed by atoms with Crippen LogP contribution in [0.4, 0.5) is 0 Å². The molecule has 0 aromatic rings. The molecule has 13 heavy (non-hydrogen) atoms. The second-order valence-electron chi connectivity index (χ2n) is 2.14. The highest BCUT2D eigenvalue weighted by Gasteiger charge is 1.96. The number of hydrogen-bond acceptors (Lipinski definition) is 1. The van der Waals surface area contributed by atoms with Gasteiger partial charge in [-0.25, -0.2) is 0 Å². The van der Waals surface area contributed by atoms with Crippen LogP contribution in [0.3, 0.4) is 0 Å². The number of terminal acetylenes is 1. The minimum atomic E-state index is 0.963. The van der Waals surface area contributed by atoms with Crippen molar-refractivity contribution in [3.05, 3.63) is 23.4 Å². The zero-order chi connectivity index (χ0) is 10.7. The molecule has 0 rings (SSSR count). The summed E-state index contributed by atoms with van der Waals surface area (Å²) in [6.45, 7) is 8.08. The number of hydrogen-bond donors (Lipinski definition) is 1. The van der Waals surface area contributed by atoms with Crippen molar-refractivity contribution in [1.82, 2.24) is 5.32 Å². The number of likely N-dealkylation sites (N-methyl/N-ethyl adjacent to an activating group) is 1. The molecule has 1 nitrogen and oxygen atoms in total. The van der Waals surface area contributed by atoms with Crippen LogP contribution in [-0.2, 0) is 0 Å². The molecule has 0 amide bonds. The highest BCUT2D eigenvalue weighted by molar-refractivity contribution is 5.33. The van der Waals surface area contributed by atoms with Crippen molar-refractivity contribution < 1.29 is 0 Å². The molecule has 0 aromatic carbocycles. The summed E-state index contributed by atoms with van der Waals surface area (Å²) in [7, 11) is 1.90. The molecule has 0 aliphatic rings. The fourth-order valence-electron chi connectivity index (χ4n) is 0.961. The molecule has 1 N–H and O–H groups in total. The molecule has 0 fully saturated rings. The van der Waals surface area contributed by atoms with Crippen molar-refractivity contribution >= 4 is 0 Å². The quantitative estimate of drug-likeness (QED) is 0.518. The summed E-state index contributed by atoms with van der Waals surface area (Å²) in [6, 6.07) is 0. The first-order chi connectivity index (χ1) is 6.29. The second kappa shape index (κ2) is 10.8. The summed E-state index contributed by atoms with van der Waals surface area (Å²) in [5.41, 5.74) is 2.29. The third-order valence-electron chi connectivity index (χ3n) is 1.54. The van der Waals surface area contributed by atoms with Gasteiger partial charge in [0.2, 0.25) is 0 Å². The Morgan fingerprint density at radius 1 is 1.46 bits per heavy atom. The lowest BCUT2D eigenvalue weighted by atomic mass is 10.1. The van der Waals surface area contributed by atoms with E-state index < -0.39 is 0 Å². The van der Waals surface area contributed by atoms with Crippen LogP contribution in [0.5, 0.6) is 0 Å². The van der Waals surface area contributed by atoms with Crippen LogP contribution in [-0.4, -0.2) is 7.05 Å². The molecule has 0 saturated heterocycles. The lowest BCUT2D eigenvalue weighted by Gasteiger charge is -2.07. The minimum absolute atomic E-state index is 0.963. The lowest BCUT2D eigenvalue weighted by molar-refractivity contribution is 0.950. The summed E-state index contributed by atoms with van der Waals surface area (Å²) < 4.78 is 0. The first kappa shape index (κ1) is 14.4. The predicted molar refractivity (Wildman–Crippen MR) is 61.4 cm³/mol. The maximum atomic E-state index is 5.17. The first-order valence-electron chi connectivity index (χ1n) is 4.79. The van der Waals surface area contributed by atoms with Crippen LogP contribution in [0, 0.1) is 12.3 Å². The van der Waals surface area contributed by atoms with Crippen molar-refractivity contribution in [2.24, 2.45) is 0 Å². The molecule has 0 atom stereocenters. The smallest absolute Gasteiger partial charge is 0.0333 e. The number of nitrogens with one attached hydrogen (secondary N) is 1. The van der Waals surface area contributed by atoms with Gasteiger partial charge in [0.1, 0.15) is 0 Å². The van der Waals surface area contributed by atoms with E-state index in [-0.39, 0.29) is 0 Å². The topological polar surface area (TPSA) is 12.0 Å². The van der Waals surface area contributed by atoms with Crippen molar-refractivity contribution in [3.63, 3.8) is 0 Å². The molecule has 0 aromatic heterocycles. The van der Waals surface area contributed by atoms with Gasteiger partial charge in [0, 0.05) is 12.7 Å². The molecule has 0 saturated carbocycles. The molecule has 0 bridgehead atoms. The fourth-order valence-corrected chi connectivity index (χ4v) is 0.961. The van der Waals surface area contributed by atoms with E-state index in [2.05, 4.69) is 18.2 Å². The molecule has 0 radical (unpaired) electrons. The first-order valence-corrected chi connectivity index (χ1v) is 4.79. The van der Waals surface area contributed by atoms with Gasteiger partial charge in [-0.3, -0.25) is 0 Å². The van der Waals surface area contributed by atoms with Crippen LogP contribution in [0.15, 0.2) is 23.4 Å². The van der Waals surface area contributed by atoms with E-state index >= 15 is 0 Å². The molecule has 0 aliphatic heterocycles. The average molecular weight is 179 g/mol. The average Bonchev–Trinajstić information content (AvgIpc) is 2.21. The maximum Gasteiger partial charge on any atom is 0.0333 e. The summed E-state index contributed by atoms with van der Waals surface area (Å²) in [5.74, 6) is 2.52. The van der Waals surface area contributed by atoms with Gasteiger partial charge in [0.15, 0.2) is 0 Å². The number of rotatable bonds is 3. The van der Waals surface area contributed by atoms with Crippen LogP contribution in [0.1, 0.15) is 34.1 Å². The van der Waals surface area contributed by atoms with Gasteiger partial charge in [0.05, 0.1) is 0 Å². The Hall–Kier alpha value is -1.16. The molecule has 0 unspecified atom stereocenters.